The molecule has 1 heterocycles. The summed E-state index contributed by atoms with van der Waals surface area (Å²) < 4.78 is 10.7. The number of hydrogen-bond donors (Lipinski definition) is 3. The molecule has 1 aromatic carbocycles. The van der Waals surface area contributed by atoms with Crippen LogP contribution < -0.4 is 15.4 Å². The monoisotopic (exact) mass is 336 g/mol. The number of nitrogens with one attached hydrogen (secondary N) is 2. The molecule has 8 nitrogen and oxygen atoms in total. The fourth-order valence-electron chi connectivity index (χ4n) is 2.34. The Labute approximate surface area is 139 Å². The van der Waals surface area contributed by atoms with Crippen LogP contribution in [0.1, 0.15) is 19.8 Å². The quantitative estimate of drug-likeness (QED) is 0.634. The Hall–Kier alpha value is -2.61. The van der Waals surface area contributed by atoms with Crippen LogP contribution in [0.3, 0.4) is 0 Å². The molecule has 8 heteroatoms. The zero-order chi connectivity index (χ0) is 17.5. The zero-order valence-electron chi connectivity index (χ0n) is 13.3. The molecule has 2 amide bonds. The fourth-order valence-corrected chi connectivity index (χ4v) is 2.34. The van der Waals surface area contributed by atoms with Crippen molar-refractivity contribution >= 4 is 23.5 Å². The Balaban J connectivity index is 1.70. The van der Waals surface area contributed by atoms with E-state index in [1.54, 1.807) is 24.3 Å². The van der Waals surface area contributed by atoms with Crippen molar-refractivity contribution in [1.29, 1.82) is 0 Å². The number of carboxylic acids is 1. The van der Waals surface area contributed by atoms with Crippen LogP contribution in [-0.2, 0) is 19.1 Å². The highest BCUT2D eigenvalue weighted by molar-refractivity contribution is 5.88. The average molecular weight is 336 g/mol. The summed E-state index contributed by atoms with van der Waals surface area (Å²) in [6.07, 6.45) is -0.912. The molecular formula is C16H20N2O6. The SMILES string of the molecule is CC(=O)Nc1cccc(OCCNC(=O)[C@@H]2CC[C@H](C(=O)O)O2)c1. The van der Waals surface area contributed by atoms with E-state index in [0.29, 0.717) is 24.3 Å². The summed E-state index contributed by atoms with van der Waals surface area (Å²) >= 11 is 0. The highest BCUT2D eigenvalue weighted by Crippen LogP contribution is 2.20. The molecule has 2 atom stereocenters. The third-order valence-electron chi connectivity index (χ3n) is 3.41. The Morgan fingerprint density at radius 3 is 2.71 bits per heavy atom. The molecule has 1 aliphatic heterocycles. The summed E-state index contributed by atoms with van der Waals surface area (Å²) in [6, 6.07) is 6.91. The largest absolute Gasteiger partial charge is 0.492 e. The lowest BCUT2D eigenvalue weighted by atomic mass is 10.2. The van der Waals surface area contributed by atoms with E-state index in [-0.39, 0.29) is 25.0 Å². The van der Waals surface area contributed by atoms with E-state index in [1.165, 1.54) is 6.92 Å². The van der Waals surface area contributed by atoms with Gasteiger partial charge in [0, 0.05) is 18.7 Å². The van der Waals surface area contributed by atoms with Gasteiger partial charge < -0.3 is 25.2 Å². The first-order valence-corrected chi connectivity index (χ1v) is 7.62. The molecule has 0 unspecified atom stereocenters. The van der Waals surface area contributed by atoms with Gasteiger partial charge in [-0.25, -0.2) is 4.79 Å². The van der Waals surface area contributed by atoms with Crippen molar-refractivity contribution in [2.24, 2.45) is 0 Å². The van der Waals surface area contributed by atoms with Gasteiger partial charge in [0.1, 0.15) is 18.5 Å². The molecule has 1 fully saturated rings. The molecule has 0 radical (unpaired) electrons. The van der Waals surface area contributed by atoms with Crippen LogP contribution in [0.5, 0.6) is 5.75 Å². The van der Waals surface area contributed by atoms with Crippen molar-refractivity contribution in [1.82, 2.24) is 5.32 Å². The minimum atomic E-state index is -1.05. The van der Waals surface area contributed by atoms with Gasteiger partial charge >= 0.3 is 5.97 Å². The second-order valence-corrected chi connectivity index (χ2v) is 5.38. The minimum Gasteiger partial charge on any atom is -0.492 e. The van der Waals surface area contributed by atoms with Crippen molar-refractivity contribution in [3.05, 3.63) is 24.3 Å². The fraction of sp³-hybridized carbons (Fsp3) is 0.438. The Bertz CT molecular complexity index is 618. The van der Waals surface area contributed by atoms with E-state index >= 15 is 0 Å². The summed E-state index contributed by atoms with van der Waals surface area (Å²) in [4.78, 5) is 33.6. The van der Waals surface area contributed by atoms with E-state index in [9.17, 15) is 14.4 Å². The van der Waals surface area contributed by atoms with Crippen molar-refractivity contribution in [2.45, 2.75) is 32.0 Å². The van der Waals surface area contributed by atoms with Crippen LogP contribution in [0.15, 0.2) is 24.3 Å². The maximum atomic E-state index is 11.9. The molecule has 0 aliphatic carbocycles. The van der Waals surface area contributed by atoms with Crippen LogP contribution >= 0.6 is 0 Å². The highest BCUT2D eigenvalue weighted by Gasteiger charge is 2.34. The van der Waals surface area contributed by atoms with Crippen molar-refractivity contribution in [3.8, 4) is 5.75 Å². The number of rotatable bonds is 7. The van der Waals surface area contributed by atoms with Gasteiger partial charge in [0.25, 0.3) is 0 Å². The van der Waals surface area contributed by atoms with Crippen molar-refractivity contribution < 1.29 is 29.0 Å². The molecule has 0 aromatic heterocycles. The summed E-state index contributed by atoms with van der Waals surface area (Å²) in [5.41, 5.74) is 0.628. The van der Waals surface area contributed by atoms with Gasteiger partial charge in [-0.15, -0.1) is 0 Å². The number of benzene rings is 1. The van der Waals surface area contributed by atoms with Crippen molar-refractivity contribution in [3.63, 3.8) is 0 Å². The number of ether oxygens (including phenoxy) is 2. The van der Waals surface area contributed by atoms with Gasteiger partial charge in [-0.2, -0.15) is 0 Å². The third kappa shape index (κ3) is 5.24. The van der Waals surface area contributed by atoms with Crippen LogP contribution in [0.2, 0.25) is 0 Å². The Morgan fingerprint density at radius 1 is 1.29 bits per heavy atom. The maximum Gasteiger partial charge on any atom is 0.332 e. The Kier molecular flexibility index (Phi) is 6.14. The smallest absolute Gasteiger partial charge is 0.332 e. The van der Waals surface area contributed by atoms with E-state index in [2.05, 4.69) is 10.6 Å². The van der Waals surface area contributed by atoms with Gasteiger partial charge in [0.15, 0.2) is 6.10 Å². The molecule has 1 aromatic rings. The summed E-state index contributed by atoms with van der Waals surface area (Å²) in [6.45, 7) is 1.92. The molecule has 2 rings (SSSR count). The van der Waals surface area contributed by atoms with Crippen LogP contribution in [-0.4, -0.2) is 48.2 Å². The summed E-state index contributed by atoms with van der Waals surface area (Å²) in [7, 11) is 0. The molecule has 1 saturated heterocycles. The molecule has 130 valence electrons. The molecule has 3 N–H and O–H groups in total. The van der Waals surface area contributed by atoms with Crippen LogP contribution in [0.25, 0.3) is 0 Å². The predicted molar refractivity (Wildman–Crippen MR) is 84.8 cm³/mol. The van der Waals surface area contributed by atoms with E-state index in [1.807, 2.05) is 0 Å². The first-order valence-electron chi connectivity index (χ1n) is 7.62. The molecule has 0 saturated carbocycles. The maximum absolute atomic E-state index is 11.9. The van der Waals surface area contributed by atoms with Crippen LogP contribution in [0, 0.1) is 0 Å². The number of aliphatic carboxylic acids is 1. The lowest BCUT2D eigenvalue weighted by Crippen LogP contribution is -2.37. The lowest BCUT2D eigenvalue weighted by Gasteiger charge is -2.12. The summed E-state index contributed by atoms with van der Waals surface area (Å²) in [5, 5.41) is 14.1. The average Bonchev–Trinajstić information content (AvgIpc) is 3.01. The minimum absolute atomic E-state index is 0.171. The van der Waals surface area contributed by atoms with E-state index in [0.717, 1.165) is 0 Å². The number of hydrogen-bond acceptors (Lipinski definition) is 5. The van der Waals surface area contributed by atoms with Gasteiger partial charge in [-0.3, -0.25) is 9.59 Å². The highest BCUT2D eigenvalue weighted by atomic mass is 16.5. The van der Waals surface area contributed by atoms with E-state index < -0.39 is 18.2 Å². The first-order chi connectivity index (χ1) is 11.5. The van der Waals surface area contributed by atoms with Gasteiger partial charge in [0.2, 0.25) is 11.8 Å². The first kappa shape index (κ1) is 17.7. The summed E-state index contributed by atoms with van der Waals surface area (Å²) in [5.74, 6) is -0.990. The molecule has 0 spiro atoms. The van der Waals surface area contributed by atoms with Gasteiger partial charge in [0.05, 0.1) is 6.54 Å². The van der Waals surface area contributed by atoms with Gasteiger partial charge in [-0.05, 0) is 25.0 Å². The second-order valence-electron chi connectivity index (χ2n) is 5.38. The number of carbonyl (C=O) groups is 3. The molecular weight excluding hydrogens is 316 g/mol. The zero-order valence-corrected chi connectivity index (χ0v) is 13.3. The molecule has 0 bridgehead atoms. The second kappa shape index (κ2) is 8.30. The van der Waals surface area contributed by atoms with Crippen LogP contribution in [0.4, 0.5) is 5.69 Å². The number of carboxylic acid groups (broad SMARTS) is 1. The molecule has 24 heavy (non-hydrogen) atoms. The predicted octanol–water partition coefficient (Wildman–Crippen LogP) is 0.772. The third-order valence-corrected chi connectivity index (χ3v) is 3.41. The lowest BCUT2D eigenvalue weighted by molar-refractivity contribution is -0.151. The number of anilines is 1. The van der Waals surface area contributed by atoms with E-state index in [4.69, 9.17) is 14.6 Å². The normalized spacial score (nSPS) is 19.5. The number of amides is 2. The van der Waals surface area contributed by atoms with Gasteiger partial charge in [-0.1, -0.05) is 6.07 Å². The number of carbonyl (C=O) groups excluding carboxylic acids is 2. The Morgan fingerprint density at radius 2 is 2.04 bits per heavy atom. The van der Waals surface area contributed by atoms with Crippen molar-refractivity contribution in [2.75, 3.05) is 18.5 Å². The topological polar surface area (TPSA) is 114 Å². The molecule has 1 aliphatic rings. The standard InChI is InChI=1S/C16H20N2O6/c1-10(19)18-11-3-2-4-12(9-11)23-8-7-17-15(20)13-5-6-14(24-13)16(21)22/h2-4,9,13-14H,5-8H2,1H3,(H,17,20)(H,18,19)(H,21,22)/t13-,14+/m0/s1.